The Hall–Kier alpha value is -2.61. The van der Waals surface area contributed by atoms with Gasteiger partial charge < -0.3 is 5.11 Å². The van der Waals surface area contributed by atoms with Gasteiger partial charge >= 0.3 is 12.3 Å². The summed E-state index contributed by atoms with van der Waals surface area (Å²) in [6, 6.07) is 8.15. The Bertz CT molecular complexity index is 1010. The molecule has 0 atom stereocenters. The van der Waals surface area contributed by atoms with Gasteiger partial charge in [-0.1, -0.05) is 29.8 Å². The molecule has 3 aromatic rings. The molecule has 0 spiro atoms. The molecule has 0 aliphatic rings. The fraction of sp³-hybridized carbons (Fsp3) is 0.222. The van der Waals surface area contributed by atoms with E-state index in [1.54, 1.807) is 6.07 Å². The van der Waals surface area contributed by atoms with E-state index in [2.05, 4.69) is 5.10 Å². The second-order valence-corrected chi connectivity index (χ2v) is 6.35. The second-order valence-electron chi connectivity index (χ2n) is 5.94. The number of aryl methyl sites for hydroxylation is 1. The summed E-state index contributed by atoms with van der Waals surface area (Å²) in [5.74, 6) is -1.65. The van der Waals surface area contributed by atoms with Crippen molar-refractivity contribution in [2.45, 2.75) is 25.6 Å². The number of aliphatic carboxylic acids is 1. The van der Waals surface area contributed by atoms with Gasteiger partial charge in [0.25, 0.3) is 0 Å². The highest BCUT2D eigenvalue weighted by Gasteiger charge is 2.35. The molecule has 0 aliphatic carbocycles. The van der Waals surface area contributed by atoms with Crippen molar-refractivity contribution < 1.29 is 27.5 Å². The van der Waals surface area contributed by atoms with Crippen LogP contribution in [0.15, 0.2) is 36.4 Å². The first-order chi connectivity index (χ1) is 12.7. The average Bonchev–Trinajstić information content (AvgIpc) is 2.95. The van der Waals surface area contributed by atoms with E-state index in [4.69, 9.17) is 16.7 Å². The number of carboxylic acids is 1. The van der Waals surface area contributed by atoms with Crippen LogP contribution in [0.25, 0.3) is 10.9 Å². The van der Waals surface area contributed by atoms with Gasteiger partial charge in [-0.15, -0.1) is 13.2 Å². The third-order valence-corrected chi connectivity index (χ3v) is 4.43. The third kappa shape index (κ3) is 4.05. The molecule has 0 amide bonds. The Morgan fingerprint density at radius 1 is 1.19 bits per heavy atom. The zero-order valence-electron chi connectivity index (χ0n) is 13.7. The second kappa shape index (κ2) is 7.19. The van der Waals surface area contributed by atoms with Gasteiger partial charge in [-0.2, -0.15) is 9.78 Å². The van der Waals surface area contributed by atoms with Crippen molar-refractivity contribution >= 4 is 28.5 Å². The molecule has 27 heavy (non-hydrogen) atoms. The number of halogens is 5. The minimum Gasteiger partial charge on any atom is -0.481 e. The van der Waals surface area contributed by atoms with Crippen molar-refractivity contribution in [3.05, 3.63) is 64.1 Å². The van der Waals surface area contributed by atoms with Crippen LogP contribution in [-0.2, 0) is 23.9 Å². The zero-order chi connectivity index (χ0) is 19.8. The minimum absolute atomic E-state index is 0.0403. The molecule has 2 aromatic carbocycles. The van der Waals surface area contributed by atoms with E-state index in [-0.39, 0.29) is 45.6 Å². The predicted molar refractivity (Wildman–Crippen MR) is 91.2 cm³/mol. The van der Waals surface area contributed by atoms with Crippen LogP contribution in [0.2, 0.25) is 5.02 Å². The minimum atomic E-state index is -4.74. The lowest BCUT2D eigenvalue weighted by Crippen LogP contribution is -2.18. The van der Waals surface area contributed by atoms with E-state index >= 15 is 0 Å². The fourth-order valence-electron chi connectivity index (χ4n) is 2.93. The highest BCUT2D eigenvalue weighted by Crippen LogP contribution is 2.33. The Labute approximate surface area is 156 Å². The summed E-state index contributed by atoms with van der Waals surface area (Å²) < 4.78 is 53.1. The van der Waals surface area contributed by atoms with Crippen LogP contribution in [0.5, 0.6) is 0 Å². The van der Waals surface area contributed by atoms with Gasteiger partial charge in [0.15, 0.2) is 0 Å². The quantitative estimate of drug-likeness (QED) is 0.619. The highest BCUT2D eigenvalue weighted by atomic mass is 35.5. The molecule has 0 aliphatic heterocycles. The maximum absolute atomic E-state index is 13.3. The SMILES string of the molecule is O=C(O)CCc1nn(C(F)(F)F)c2cccc(Cc3ccc(F)cc3Cl)c12. The first kappa shape index (κ1) is 19.2. The molecule has 0 saturated heterocycles. The van der Waals surface area contributed by atoms with Crippen molar-refractivity contribution in [2.75, 3.05) is 0 Å². The summed E-state index contributed by atoms with van der Waals surface area (Å²) >= 11 is 6.03. The summed E-state index contributed by atoms with van der Waals surface area (Å²) in [5, 5.41) is 12.9. The van der Waals surface area contributed by atoms with E-state index in [0.29, 0.717) is 11.1 Å². The van der Waals surface area contributed by atoms with Crippen LogP contribution in [-0.4, -0.2) is 20.9 Å². The number of fused-ring (bicyclic) bond motifs is 1. The van der Waals surface area contributed by atoms with Crippen LogP contribution in [0.1, 0.15) is 23.2 Å². The van der Waals surface area contributed by atoms with Crippen LogP contribution >= 0.6 is 11.6 Å². The number of alkyl halides is 3. The van der Waals surface area contributed by atoms with Crippen molar-refractivity contribution in [1.82, 2.24) is 9.78 Å². The number of rotatable bonds is 5. The number of aromatic nitrogens is 2. The Morgan fingerprint density at radius 3 is 2.56 bits per heavy atom. The molecule has 1 heterocycles. The number of benzene rings is 2. The Morgan fingerprint density at radius 2 is 1.93 bits per heavy atom. The zero-order valence-corrected chi connectivity index (χ0v) is 14.5. The van der Waals surface area contributed by atoms with E-state index < -0.39 is 18.1 Å². The van der Waals surface area contributed by atoms with E-state index in [1.165, 1.54) is 24.3 Å². The van der Waals surface area contributed by atoms with Gasteiger partial charge in [-0.25, -0.2) is 4.39 Å². The summed E-state index contributed by atoms with van der Waals surface area (Å²) in [6.07, 6.45) is -5.09. The maximum Gasteiger partial charge on any atom is 0.505 e. The third-order valence-electron chi connectivity index (χ3n) is 4.08. The van der Waals surface area contributed by atoms with Crippen LogP contribution in [0, 0.1) is 5.82 Å². The average molecular weight is 401 g/mol. The summed E-state index contributed by atoms with van der Waals surface area (Å²) in [7, 11) is 0. The normalized spacial score (nSPS) is 11.9. The predicted octanol–water partition coefficient (Wildman–Crippen LogP) is 4.91. The monoisotopic (exact) mass is 400 g/mol. The molecular formula is C18H13ClF4N2O2. The largest absolute Gasteiger partial charge is 0.505 e. The molecule has 3 rings (SSSR count). The summed E-state index contributed by atoms with van der Waals surface area (Å²) in [6.45, 7) is 0. The number of carboxylic acid groups (broad SMARTS) is 1. The molecule has 4 nitrogen and oxygen atoms in total. The summed E-state index contributed by atoms with van der Waals surface area (Å²) in [4.78, 5) is 10.9. The number of hydrogen-bond donors (Lipinski definition) is 1. The smallest absolute Gasteiger partial charge is 0.481 e. The van der Waals surface area contributed by atoms with Crippen LogP contribution < -0.4 is 0 Å². The molecule has 1 aromatic heterocycles. The summed E-state index contributed by atoms with van der Waals surface area (Å²) in [5.41, 5.74) is 0.906. The Kier molecular flexibility index (Phi) is 5.10. The van der Waals surface area contributed by atoms with Crippen LogP contribution in [0.3, 0.4) is 0 Å². The van der Waals surface area contributed by atoms with Gasteiger partial charge in [-0.05, 0) is 35.7 Å². The first-order valence-corrected chi connectivity index (χ1v) is 8.27. The number of nitrogens with zero attached hydrogens (tertiary/aromatic N) is 2. The molecule has 142 valence electrons. The first-order valence-electron chi connectivity index (χ1n) is 7.89. The molecule has 9 heteroatoms. The molecular weight excluding hydrogens is 388 g/mol. The molecule has 0 saturated carbocycles. The Balaban J connectivity index is 2.14. The molecule has 0 unspecified atom stereocenters. The van der Waals surface area contributed by atoms with E-state index in [1.807, 2.05) is 0 Å². The van der Waals surface area contributed by atoms with Gasteiger partial charge in [0.1, 0.15) is 5.82 Å². The fourth-order valence-corrected chi connectivity index (χ4v) is 3.17. The van der Waals surface area contributed by atoms with Gasteiger partial charge in [0, 0.05) is 16.8 Å². The van der Waals surface area contributed by atoms with E-state index in [9.17, 15) is 22.4 Å². The lowest BCUT2D eigenvalue weighted by Gasteiger charge is -2.09. The number of carbonyl (C=O) groups is 1. The van der Waals surface area contributed by atoms with Crippen molar-refractivity contribution in [1.29, 1.82) is 0 Å². The molecule has 0 bridgehead atoms. The van der Waals surface area contributed by atoms with E-state index in [0.717, 1.165) is 6.07 Å². The van der Waals surface area contributed by atoms with Crippen molar-refractivity contribution in [2.24, 2.45) is 0 Å². The molecule has 0 fully saturated rings. The lowest BCUT2D eigenvalue weighted by atomic mass is 9.98. The van der Waals surface area contributed by atoms with Crippen molar-refractivity contribution in [3.8, 4) is 0 Å². The molecule has 1 N–H and O–H groups in total. The topological polar surface area (TPSA) is 55.1 Å². The molecule has 0 radical (unpaired) electrons. The lowest BCUT2D eigenvalue weighted by molar-refractivity contribution is -0.209. The number of hydrogen-bond acceptors (Lipinski definition) is 2. The maximum atomic E-state index is 13.3. The van der Waals surface area contributed by atoms with Gasteiger partial charge in [-0.3, -0.25) is 4.79 Å². The van der Waals surface area contributed by atoms with Gasteiger partial charge in [0.2, 0.25) is 0 Å². The van der Waals surface area contributed by atoms with Gasteiger partial charge in [0.05, 0.1) is 17.6 Å². The highest BCUT2D eigenvalue weighted by molar-refractivity contribution is 6.31. The van der Waals surface area contributed by atoms with Crippen LogP contribution in [0.4, 0.5) is 17.6 Å². The standard InChI is InChI=1S/C18H13ClF4N2O2/c19-13-9-12(20)5-4-10(13)8-11-2-1-3-15-17(11)14(6-7-16(26)27)24-25(15)18(21,22)23/h1-5,9H,6-8H2,(H,26,27). The van der Waals surface area contributed by atoms with Crippen molar-refractivity contribution in [3.63, 3.8) is 0 Å².